The van der Waals surface area contributed by atoms with E-state index in [0.29, 0.717) is 23.1 Å². The van der Waals surface area contributed by atoms with Crippen LogP contribution in [0.5, 0.6) is 0 Å². The number of thioether (sulfide) groups is 1. The Bertz CT molecular complexity index is 988. The Labute approximate surface area is 179 Å². The van der Waals surface area contributed by atoms with Crippen LogP contribution >= 0.6 is 23.1 Å². The zero-order valence-electron chi connectivity index (χ0n) is 16.1. The van der Waals surface area contributed by atoms with Gasteiger partial charge in [0.15, 0.2) is 11.7 Å². The highest BCUT2D eigenvalue weighted by molar-refractivity contribution is 7.99. The highest BCUT2D eigenvalue weighted by atomic mass is 32.2. The van der Waals surface area contributed by atoms with Crippen molar-refractivity contribution in [3.05, 3.63) is 34.4 Å². The van der Waals surface area contributed by atoms with Crippen LogP contribution in [0.1, 0.15) is 42.3 Å². The van der Waals surface area contributed by atoms with Crippen molar-refractivity contribution in [2.45, 2.75) is 48.4 Å². The Morgan fingerprint density at radius 3 is 2.59 bits per heavy atom. The first-order valence-electron chi connectivity index (χ1n) is 9.35. The third-order valence-electron chi connectivity index (χ3n) is 4.61. The lowest BCUT2D eigenvalue weighted by Gasteiger charge is -2.19. The molecule has 3 heterocycles. The van der Waals surface area contributed by atoms with Crippen molar-refractivity contribution in [3.8, 4) is 6.07 Å². The van der Waals surface area contributed by atoms with Gasteiger partial charge in [0.05, 0.1) is 16.8 Å². The predicted octanol–water partition coefficient (Wildman–Crippen LogP) is 3.38. The lowest BCUT2D eigenvalue weighted by molar-refractivity contribution is -0.116. The number of nitriles is 1. The lowest BCUT2D eigenvalue weighted by Crippen LogP contribution is -2.32. The summed E-state index contributed by atoms with van der Waals surface area (Å²) in [7, 11) is -3.54. The Morgan fingerprint density at radius 2 is 2.03 bits per heavy atom. The molecular formula is C19H22N4O3S3. The summed E-state index contributed by atoms with van der Waals surface area (Å²) in [6.45, 7) is 2.90. The van der Waals surface area contributed by atoms with Crippen molar-refractivity contribution < 1.29 is 13.2 Å². The molecule has 0 aromatic carbocycles. The number of hydrogen-bond acceptors (Lipinski definition) is 8. The molecule has 29 heavy (non-hydrogen) atoms. The summed E-state index contributed by atoms with van der Waals surface area (Å²) in [5.41, 5.74) is 0.786. The predicted molar refractivity (Wildman–Crippen MR) is 112 cm³/mol. The van der Waals surface area contributed by atoms with E-state index < -0.39 is 15.9 Å². The minimum Gasteiger partial charge on any atom is -0.297 e. The molecule has 0 aliphatic carbocycles. The molecule has 0 bridgehead atoms. The lowest BCUT2D eigenvalue weighted by atomic mass is 10.1. The van der Waals surface area contributed by atoms with Crippen molar-refractivity contribution in [1.29, 1.82) is 5.26 Å². The zero-order chi connectivity index (χ0) is 20.9. The second kappa shape index (κ2) is 9.80. The van der Waals surface area contributed by atoms with Gasteiger partial charge in [-0.2, -0.15) is 9.57 Å². The standard InChI is InChI=1S/C19H22N4O3S3/c1-14-12-28-19(22-14)16(10-20)17(24)13-27-18-7-6-15(11-21-18)29(25,26)23-8-4-2-3-5-9-23/h6-7,11-12,16H,2-5,8-9,13H2,1H3/t16-/m1/s1. The largest absolute Gasteiger partial charge is 0.297 e. The van der Waals surface area contributed by atoms with Crippen LogP contribution in [0.15, 0.2) is 33.6 Å². The molecule has 0 unspecified atom stereocenters. The molecule has 2 aromatic rings. The quantitative estimate of drug-likeness (QED) is 0.596. The van der Waals surface area contributed by atoms with E-state index >= 15 is 0 Å². The van der Waals surface area contributed by atoms with Crippen molar-refractivity contribution in [2.24, 2.45) is 0 Å². The summed E-state index contributed by atoms with van der Waals surface area (Å²) < 4.78 is 27.1. The first kappa shape index (κ1) is 21.9. The number of rotatable bonds is 7. The number of Topliss-reactive ketones (excluding diaryl/α,β-unsaturated/α-hetero) is 1. The van der Waals surface area contributed by atoms with E-state index in [1.807, 2.05) is 18.4 Å². The van der Waals surface area contributed by atoms with Gasteiger partial charge in [-0.1, -0.05) is 24.6 Å². The fourth-order valence-corrected chi connectivity index (χ4v) is 6.11. The number of sulfonamides is 1. The number of carbonyl (C=O) groups is 1. The monoisotopic (exact) mass is 450 g/mol. The summed E-state index contributed by atoms with van der Waals surface area (Å²) in [5.74, 6) is -1.05. The number of carbonyl (C=O) groups excluding carboxylic acids is 1. The maximum absolute atomic E-state index is 12.8. The van der Waals surface area contributed by atoms with E-state index in [0.717, 1.165) is 31.4 Å². The topological polar surface area (TPSA) is 104 Å². The minimum absolute atomic E-state index is 0.0715. The molecule has 0 N–H and O–H groups in total. The molecule has 2 aromatic heterocycles. The number of thiazole rings is 1. The molecule has 154 valence electrons. The third kappa shape index (κ3) is 5.42. The molecule has 1 aliphatic heterocycles. The second-order valence-corrected chi connectivity index (χ2v) is 10.6. The Balaban J connectivity index is 1.63. The third-order valence-corrected chi connectivity index (χ3v) is 8.48. The van der Waals surface area contributed by atoms with Crippen LogP contribution in [-0.4, -0.2) is 47.3 Å². The van der Waals surface area contributed by atoms with Crippen LogP contribution in [0.4, 0.5) is 0 Å². The number of nitrogens with zero attached hydrogens (tertiary/aromatic N) is 4. The molecular weight excluding hydrogens is 428 g/mol. The van der Waals surface area contributed by atoms with Gasteiger partial charge in [-0.25, -0.2) is 18.4 Å². The van der Waals surface area contributed by atoms with Crippen LogP contribution in [-0.2, 0) is 14.8 Å². The van der Waals surface area contributed by atoms with Crippen molar-refractivity contribution >= 4 is 38.9 Å². The molecule has 1 fully saturated rings. The molecule has 0 radical (unpaired) electrons. The highest BCUT2D eigenvalue weighted by Crippen LogP contribution is 2.25. The molecule has 0 spiro atoms. The van der Waals surface area contributed by atoms with E-state index in [1.165, 1.54) is 39.7 Å². The van der Waals surface area contributed by atoms with Crippen molar-refractivity contribution in [1.82, 2.24) is 14.3 Å². The summed E-state index contributed by atoms with van der Waals surface area (Å²) in [6.07, 6.45) is 5.21. The van der Waals surface area contributed by atoms with Crippen molar-refractivity contribution in [3.63, 3.8) is 0 Å². The van der Waals surface area contributed by atoms with Gasteiger partial charge in [-0.15, -0.1) is 11.3 Å². The van der Waals surface area contributed by atoms with E-state index in [2.05, 4.69) is 9.97 Å². The summed E-state index contributed by atoms with van der Waals surface area (Å²) >= 11 is 2.49. The number of pyridine rings is 1. The van der Waals surface area contributed by atoms with Crippen LogP contribution in [0.2, 0.25) is 0 Å². The molecule has 0 saturated carbocycles. The van der Waals surface area contributed by atoms with Gasteiger partial charge in [-0.3, -0.25) is 4.79 Å². The highest BCUT2D eigenvalue weighted by Gasteiger charge is 2.26. The first-order valence-corrected chi connectivity index (χ1v) is 12.7. The van der Waals surface area contributed by atoms with Crippen LogP contribution in [0.25, 0.3) is 0 Å². The van der Waals surface area contributed by atoms with E-state index in [1.54, 1.807) is 6.07 Å². The van der Waals surface area contributed by atoms with Gasteiger partial charge in [0.2, 0.25) is 10.0 Å². The number of hydrogen-bond donors (Lipinski definition) is 0. The van der Waals surface area contributed by atoms with Gasteiger partial charge in [0, 0.05) is 30.4 Å². The normalized spacial score (nSPS) is 16.7. The van der Waals surface area contributed by atoms with Gasteiger partial charge in [-0.05, 0) is 31.9 Å². The summed E-state index contributed by atoms with van der Waals surface area (Å²) in [4.78, 5) is 21.0. The number of aromatic nitrogens is 2. The van der Waals surface area contributed by atoms with Crippen molar-refractivity contribution in [2.75, 3.05) is 18.8 Å². The molecule has 1 saturated heterocycles. The van der Waals surface area contributed by atoms with E-state index in [9.17, 15) is 18.5 Å². The molecule has 1 atom stereocenters. The SMILES string of the molecule is Cc1csc([C@H](C#N)C(=O)CSc2ccc(S(=O)(=O)N3CCCCCC3)cn2)n1. The Morgan fingerprint density at radius 1 is 1.31 bits per heavy atom. The van der Waals surface area contributed by atoms with Gasteiger partial charge in [0.25, 0.3) is 0 Å². The average Bonchev–Trinajstić information content (AvgIpc) is 2.96. The van der Waals surface area contributed by atoms with Crippen LogP contribution in [0.3, 0.4) is 0 Å². The summed E-state index contributed by atoms with van der Waals surface area (Å²) in [6, 6.07) is 5.16. The summed E-state index contributed by atoms with van der Waals surface area (Å²) in [5, 5.41) is 12.2. The number of ketones is 1. The van der Waals surface area contributed by atoms with Crippen LogP contribution < -0.4 is 0 Å². The first-order chi connectivity index (χ1) is 13.9. The fourth-order valence-electron chi connectivity index (χ4n) is 3.03. The smallest absolute Gasteiger partial charge is 0.244 e. The van der Waals surface area contributed by atoms with E-state index in [4.69, 9.17) is 0 Å². The molecule has 0 amide bonds. The Kier molecular flexibility index (Phi) is 7.40. The molecule has 10 heteroatoms. The average molecular weight is 451 g/mol. The maximum Gasteiger partial charge on any atom is 0.244 e. The van der Waals surface area contributed by atoms with Gasteiger partial charge in [0.1, 0.15) is 9.90 Å². The fraction of sp³-hybridized carbons (Fsp3) is 0.474. The van der Waals surface area contributed by atoms with Gasteiger partial charge < -0.3 is 0 Å². The molecule has 7 nitrogen and oxygen atoms in total. The van der Waals surface area contributed by atoms with E-state index in [-0.39, 0.29) is 16.4 Å². The number of aryl methyl sites for hydroxylation is 1. The minimum atomic E-state index is -3.54. The Hall–Kier alpha value is -1.80. The maximum atomic E-state index is 12.8. The molecule has 3 rings (SSSR count). The molecule has 1 aliphatic rings. The van der Waals surface area contributed by atoms with Gasteiger partial charge >= 0.3 is 0 Å². The van der Waals surface area contributed by atoms with Crippen LogP contribution in [0, 0.1) is 18.3 Å². The second-order valence-electron chi connectivity index (χ2n) is 6.79. The zero-order valence-corrected chi connectivity index (χ0v) is 18.5.